The molecule has 5 rings (SSSR count). The molecule has 3 unspecified atom stereocenters. The number of Topliss-reactive ketones (excluding diaryl/α,β-unsaturated/α-hetero) is 1. The minimum atomic E-state index is -0.885. The van der Waals surface area contributed by atoms with E-state index < -0.39 is 12.1 Å². The van der Waals surface area contributed by atoms with Gasteiger partial charge in [0.15, 0.2) is 5.78 Å². The first kappa shape index (κ1) is 24.0. The van der Waals surface area contributed by atoms with Crippen LogP contribution in [0.15, 0.2) is 60.0 Å². The molecule has 2 amide bonds. The second-order valence-electron chi connectivity index (χ2n) is 8.61. The first-order valence-corrected chi connectivity index (χ1v) is 12.9. The van der Waals surface area contributed by atoms with Crippen molar-refractivity contribution in [2.75, 3.05) is 13.2 Å². The van der Waals surface area contributed by atoms with Crippen molar-refractivity contribution in [2.24, 2.45) is 0 Å². The van der Waals surface area contributed by atoms with Gasteiger partial charge in [-0.05, 0) is 53.3 Å². The molecule has 0 saturated carbocycles. The second kappa shape index (κ2) is 10.1. The summed E-state index contributed by atoms with van der Waals surface area (Å²) >= 11 is 13.8. The smallest absolute Gasteiger partial charge is 0.251 e. The van der Waals surface area contributed by atoms with Crippen LogP contribution < -0.4 is 5.32 Å². The van der Waals surface area contributed by atoms with Crippen LogP contribution in [-0.2, 0) is 20.7 Å². The number of fused-ring (bicyclic) bond motifs is 1. The van der Waals surface area contributed by atoms with E-state index in [0.717, 1.165) is 16.0 Å². The van der Waals surface area contributed by atoms with Gasteiger partial charge < -0.3 is 15.0 Å². The summed E-state index contributed by atoms with van der Waals surface area (Å²) in [5.74, 6) is -0.790. The van der Waals surface area contributed by atoms with E-state index in [4.69, 9.17) is 27.9 Å². The van der Waals surface area contributed by atoms with Crippen molar-refractivity contribution in [1.82, 2.24) is 10.2 Å². The lowest BCUT2D eigenvalue weighted by Gasteiger charge is -2.27. The molecule has 35 heavy (non-hydrogen) atoms. The van der Waals surface area contributed by atoms with Crippen LogP contribution in [0, 0.1) is 0 Å². The summed E-state index contributed by atoms with van der Waals surface area (Å²) in [6, 6.07) is 14.9. The Balaban J connectivity index is 1.38. The number of nitrogens with zero attached hydrogens (tertiary/aromatic N) is 1. The SMILES string of the molecule is O=C(NC(Cc1ccc(Cl)c(Cl)c1)C(=O)N1CCC2OCC(=O)C21)c1ccc(-c2cccs2)cc1. The molecule has 0 radical (unpaired) electrons. The number of carbonyl (C=O) groups excluding carboxylic acids is 3. The number of amides is 2. The highest BCUT2D eigenvalue weighted by molar-refractivity contribution is 7.13. The van der Waals surface area contributed by atoms with E-state index in [2.05, 4.69) is 5.32 Å². The van der Waals surface area contributed by atoms with E-state index >= 15 is 0 Å². The molecule has 0 aliphatic carbocycles. The lowest BCUT2D eigenvalue weighted by atomic mass is 10.0. The predicted octanol–water partition coefficient (Wildman–Crippen LogP) is 4.63. The number of halogens is 2. The van der Waals surface area contributed by atoms with Crippen molar-refractivity contribution in [3.8, 4) is 10.4 Å². The van der Waals surface area contributed by atoms with Gasteiger partial charge in [-0.1, -0.05) is 47.5 Å². The third-order valence-electron chi connectivity index (χ3n) is 6.38. The largest absolute Gasteiger partial charge is 0.368 e. The average molecular weight is 529 g/mol. The van der Waals surface area contributed by atoms with Crippen molar-refractivity contribution in [3.63, 3.8) is 0 Å². The van der Waals surface area contributed by atoms with Crippen LogP contribution in [0.25, 0.3) is 10.4 Å². The number of hydrogen-bond acceptors (Lipinski definition) is 5. The molecule has 9 heteroatoms. The van der Waals surface area contributed by atoms with E-state index in [1.165, 1.54) is 0 Å². The fourth-order valence-corrected chi connectivity index (χ4v) is 5.67. The number of benzene rings is 2. The van der Waals surface area contributed by atoms with Crippen LogP contribution in [0.2, 0.25) is 10.0 Å². The Hall–Kier alpha value is -2.71. The number of carbonyl (C=O) groups is 3. The van der Waals surface area contributed by atoms with Gasteiger partial charge in [-0.2, -0.15) is 0 Å². The maximum absolute atomic E-state index is 13.6. The third kappa shape index (κ3) is 5.00. The highest BCUT2D eigenvalue weighted by atomic mass is 35.5. The molecular weight excluding hydrogens is 507 g/mol. The molecule has 2 aromatic carbocycles. The van der Waals surface area contributed by atoms with Crippen LogP contribution >= 0.6 is 34.5 Å². The molecular formula is C26H22Cl2N2O4S. The van der Waals surface area contributed by atoms with Crippen LogP contribution in [0.5, 0.6) is 0 Å². The van der Waals surface area contributed by atoms with Crippen molar-refractivity contribution in [1.29, 1.82) is 0 Å². The highest BCUT2D eigenvalue weighted by Crippen LogP contribution is 2.29. The normalized spacial score (nSPS) is 20.1. The predicted molar refractivity (Wildman–Crippen MR) is 136 cm³/mol. The molecule has 6 nitrogen and oxygen atoms in total. The Labute approximate surface area is 216 Å². The zero-order valence-corrected chi connectivity index (χ0v) is 20.9. The molecule has 3 heterocycles. The Bertz CT molecular complexity index is 1260. The van der Waals surface area contributed by atoms with Gasteiger partial charge in [0.05, 0.1) is 16.1 Å². The van der Waals surface area contributed by atoms with E-state index in [-0.39, 0.29) is 36.7 Å². The number of hydrogen-bond donors (Lipinski definition) is 1. The number of nitrogens with one attached hydrogen (secondary N) is 1. The molecule has 2 aliphatic heterocycles. The quantitative estimate of drug-likeness (QED) is 0.505. The fraction of sp³-hybridized carbons (Fsp3) is 0.269. The zero-order valence-electron chi connectivity index (χ0n) is 18.6. The lowest BCUT2D eigenvalue weighted by molar-refractivity contribution is -0.138. The molecule has 180 valence electrons. The molecule has 2 saturated heterocycles. The zero-order chi connectivity index (χ0) is 24.5. The molecule has 0 spiro atoms. The van der Waals surface area contributed by atoms with Gasteiger partial charge in [0.25, 0.3) is 5.91 Å². The van der Waals surface area contributed by atoms with Gasteiger partial charge in [-0.25, -0.2) is 0 Å². The molecule has 2 aliphatic rings. The van der Waals surface area contributed by atoms with Crippen LogP contribution in [-0.4, -0.2) is 53.8 Å². The Kier molecular flexibility index (Phi) is 6.93. The average Bonchev–Trinajstić information content (AvgIpc) is 3.61. The number of ketones is 1. The number of rotatable bonds is 6. The summed E-state index contributed by atoms with van der Waals surface area (Å²) in [6.45, 7) is 0.419. The highest BCUT2D eigenvalue weighted by Gasteiger charge is 2.48. The second-order valence-corrected chi connectivity index (χ2v) is 10.4. The van der Waals surface area contributed by atoms with Gasteiger partial charge in [-0.3, -0.25) is 14.4 Å². The number of likely N-dealkylation sites (tertiary alicyclic amines) is 1. The van der Waals surface area contributed by atoms with Gasteiger partial charge in [0.2, 0.25) is 5.91 Å². The minimum Gasteiger partial charge on any atom is -0.368 e. The molecule has 1 N–H and O–H groups in total. The summed E-state index contributed by atoms with van der Waals surface area (Å²) in [7, 11) is 0. The van der Waals surface area contributed by atoms with Crippen molar-refractivity contribution in [3.05, 3.63) is 81.1 Å². The topological polar surface area (TPSA) is 75.7 Å². The van der Waals surface area contributed by atoms with Crippen LogP contribution in [0.4, 0.5) is 0 Å². The first-order chi connectivity index (χ1) is 16.9. The molecule has 3 aromatic rings. The third-order valence-corrected chi connectivity index (χ3v) is 8.03. The van der Waals surface area contributed by atoms with E-state index in [0.29, 0.717) is 28.6 Å². The van der Waals surface area contributed by atoms with Crippen molar-refractivity contribution >= 4 is 52.1 Å². The van der Waals surface area contributed by atoms with E-state index in [1.807, 2.05) is 29.6 Å². The summed E-state index contributed by atoms with van der Waals surface area (Å²) in [5, 5.41) is 5.66. The minimum absolute atomic E-state index is 0.0134. The summed E-state index contributed by atoms with van der Waals surface area (Å²) in [6.07, 6.45) is 0.523. The van der Waals surface area contributed by atoms with E-state index in [9.17, 15) is 14.4 Å². The Morgan fingerprint density at radius 3 is 2.63 bits per heavy atom. The van der Waals surface area contributed by atoms with Gasteiger partial charge >= 0.3 is 0 Å². The molecule has 0 bridgehead atoms. The van der Waals surface area contributed by atoms with Crippen LogP contribution in [0.1, 0.15) is 22.3 Å². The summed E-state index contributed by atoms with van der Waals surface area (Å²) < 4.78 is 5.53. The van der Waals surface area contributed by atoms with Gasteiger partial charge in [-0.15, -0.1) is 11.3 Å². The molecule has 3 atom stereocenters. The standard InChI is InChI=1S/C26H22Cl2N2O4S/c27-18-8-3-15(12-19(18)28)13-20(26(33)30-10-9-22-24(30)21(31)14-34-22)29-25(32)17-6-4-16(5-7-17)23-2-1-11-35-23/h1-8,11-12,20,22,24H,9-10,13-14H2,(H,29,32). The summed E-state index contributed by atoms with van der Waals surface area (Å²) in [5.41, 5.74) is 2.20. The maximum Gasteiger partial charge on any atom is 0.251 e. The van der Waals surface area contributed by atoms with E-state index in [1.54, 1.807) is 46.6 Å². The van der Waals surface area contributed by atoms with Gasteiger partial charge in [0, 0.05) is 23.4 Å². The van der Waals surface area contributed by atoms with Crippen molar-refractivity contribution < 1.29 is 19.1 Å². The van der Waals surface area contributed by atoms with Gasteiger partial charge in [0.1, 0.15) is 18.7 Å². The first-order valence-electron chi connectivity index (χ1n) is 11.2. The fourth-order valence-electron chi connectivity index (χ4n) is 4.61. The summed E-state index contributed by atoms with van der Waals surface area (Å²) in [4.78, 5) is 41.8. The Morgan fingerprint density at radius 1 is 1.11 bits per heavy atom. The Morgan fingerprint density at radius 2 is 1.91 bits per heavy atom. The van der Waals surface area contributed by atoms with Crippen LogP contribution in [0.3, 0.4) is 0 Å². The number of ether oxygens (including phenoxy) is 1. The number of thiophene rings is 1. The lowest BCUT2D eigenvalue weighted by Crippen LogP contribution is -2.53. The molecule has 2 fully saturated rings. The monoisotopic (exact) mass is 528 g/mol. The maximum atomic E-state index is 13.6. The molecule has 1 aromatic heterocycles. The van der Waals surface area contributed by atoms with Crippen molar-refractivity contribution in [2.45, 2.75) is 31.0 Å².